The molecule has 2 aromatic rings. The normalized spacial score (nSPS) is 16.4. The average molecular weight is 443 g/mol. The van der Waals surface area contributed by atoms with Gasteiger partial charge in [-0.25, -0.2) is 9.69 Å². The zero-order valence-electron chi connectivity index (χ0n) is 17.7. The van der Waals surface area contributed by atoms with E-state index in [1.54, 1.807) is 43.3 Å². The summed E-state index contributed by atoms with van der Waals surface area (Å²) in [6, 6.07) is 9.14. The number of anilines is 1. The molecule has 1 heterocycles. The summed E-state index contributed by atoms with van der Waals surface area (Å²) in [5.41, 5.74) is 1.22. The monoisotopic (exact) mass is 442 g/mol. The molecule has 162 valence electrons. The Morgan fingerprint density at radius 3 is 2.58 bits per heavy atom. The van der Waals surface area contributed by atoms with Gasteiger partial charge < -0.3 is 9.47 Å². The summed E-state index contributed by atoms with van der Waals surface area (Å²) < 4.78 is 11.2. The molecule has 7 nitrogen and oxygen atoms in total. The topological polar surface area (TPSA) is 84.9 Å². The molecular weight excluding hydrogens is 420 g/mol. The Bertz CT molecular complexity index is 1080. The summed E-state index contributed by atoms with van der Waals surface area (Å²) in [4.78, 5) is 38.9. The van der Waals surface area contributed by atoms with Gasteiger partial charge in [0.2, 0.25) is 0 Å². The molecule has 0 unspecified atom stereocenters. The van der Waals surface area contributed by atoms with Crippen LogP contribution in [0.1, 0.15) is 31.4 Å². The van der Waals surface area contributed by atoms with Gasteiger partial charge >= 0.3 is 6.03 Å². The van der Waals surface area contributed by atoms with Crippen molar-refractivity contribution < 1.29 is 23.9 Å². The van der Waals surface area contributed by atoms with Crippen LogP contribution in [0.25, 0.3) is 6.08 Å². The number of amides is 4. The quantitative estimate of drug-likeness (QED) is 0.526. The maximum absolute atomic E-state index is 13.1. The number of benzene rings is 2. The summed E-state index contributed by atoms with van der Waals surface area (Å²) >= 11 is 6.14. The summed E-state index contributed by atoms with van der Waals surface area (Å²) in [5.74, 6) is -0.482. The number of ether oxygens (including phenoxy) is 2. The van der Waals surface area contributed by atoms with E-state index in [0.717, 1.165) is 11.3 Å². The highest BCUT2D eigenvalue weighted by Crippen LogP contribution is 2.32. The molecule has 0 radical (unpaired) electrons. The van der Waals surface area contributed by atoms with Crippen LogP contribution in [0.4, 0.5) is 10.5 Å². The molecule has 2 aromatic carbocycles. The molecule has 0 aromatic heterocycles. The van der Waals surface area contributed by atoms with Crippen molar-refractivity contribution in [3.8, 4) is 11.5 Å². The van der Waals surface area contributed by atoms with Gasteiger partial charge in [0.05, 0.1) is 18.9 Å². The van der Waals surface area contributed by atoms with Crippen molar-refractivity contribution >= 4 is 41.2 Å². The second-order valence-electron chi connectivity index (χ2n) is 7.09. The molecule has 3 rings (SSSR count). The Hall–Kier alpha value is -3.32. The molecule has 0 bridgehead atoms. The predicted molar refractivity (Wildman–Crippen MR) is 119 cm³/mol. The fourth-order valence-corrected chi connectivity index (χ4v) is 3.22. The number of rotatable bonds is 6. The van der Waals surface area contributed by atoms with Crippen molar-refractivity contribution in [2.75, 3.05) is 12.0 Å². The molecule has 1 aliphatic rings. The number of urea groups is 1. The number of halogens is 1. The van der Waals surface area contributed by atoms with Gasteiger partial charge in [-0.3, -0.25) is 14.9 Å². The number of carbonyl (C=O) groups excluding carboxylic acids is 3. The summed E-state index contributed by atoms with van der Waals surface area (Å²) in [7, 11) is 1.51. The predicted octanol–water partition coefficient (Wildman–Crippen LogP) is 4.50. The first-order valence-corrected chi connectivity index (χ1v) is 10.2. The molecule has 1 atom stereocenters. The van der Waals surface area contributed by atoms with Gasteiger partial charge in [-0.15, -0.1) is 0 Å². The lowest BCUT2D eigenvalue weighted by atomic mass is 10.1. The minimum atomic E-state index is -0.826. The van der Waals surface area contributed by atoms with Gasteiger partial charge in [0.15, 0.2) is 11.5 Å². The van der Waals surface area contributed by atoms with Gasteiger partial charge in [0.25, 0.3) is 11.8 Å². The van der Waals surface area contributed by atoms with Crippen LogP contribution in [0.3, 0.4) is 0 Å². The molecule has 0 aliphatic carbocycles. The van der Waals surface area contributed by atoms with Crippen LogP contribution in [0.2, 0.25) is 5.02 Å². The van der Waals surface area contributed by atoms with E-state index >= 15 is 0 Å². The van der Waals surface area contributed by atoms with Crippen LogP contribution in [-0.2, 0) is 9.59 Å². The maximum Gasteiger partial charge on any atom is 0.335 e. The number of hydrogen-bond acceptors (Lipinski definition) is 5. The molecule has 4 amide bonds. The Labute approximate surface area is 185 Å². The first kappa shape index (κ1) is 22.4. The number of nitrogens with one attached hydrogen (secondary N) is 1. The van der Waals surface area contributed by atoms with Crippen molar-refractivity contribution in [3.63, 3.8) is 0 Å². The minimum absolute atomic E-state index is 0.00399. The third-order valence-corrected chi connectivity index (χ3v) is 5.39. The standard InChI is InChI=1S/C23H23ClN2O5/c1-5-13(2)31-19-10-9-15(12-20(19)30-4)11-16-21(27)25-23(29)26(22(16)28)18-8-6-7-17(24)14(18)3/h6-13H,5H2,1-4H3,(H,25,27,29)/b16-11+/t13-/m0/s1. The third kappa shape index (κ3) is 4.56. The summed E-state index contributed by atoms with van der Waals surface area (Å²) in [6.07, 6.45) is 2.24. The zero-order chi connectivity index (χ0) is 22.7. The molecule has 8 heteroatoms. The highest BCUT2D eigenvalue weighted by atomic mass is 35.5. The van der Waals surface area contributed by atoms with Gasteiger partial charge in [-0.2, -0.15) is 0 Å². The van der Waals surface area contributed by atoms with Gasteiger partial charge in [-0.05, 0) is 61.7 Å². The molecule has 1 saturated heterocycles. The van der Waals surface area contributed by atoms with Gasteiger partial charge in [0.1, 0.15) is 5.57 Å². The number of nitrogens with zero attached hydrogens (tertiary/aromatic N) is 1. The van der Waals surface area contributed by atoms with Crippen LogP contribution in [0.5, 0.6) is 11.5 Å². The van der Waals surface area contributed by atoms with E-state index in [9.17, 15) is 14.4 Å². The maximum atomic E-state index is 13.1. The number of barbiturate groups is 1. The highest BCUT2D eigenvalue weighted by molar-refractivity contribution is 6.39. The van der Waals surface area contributed by atoms with E-state index in [4.69, 9.17) is 21.1 Å². The smallest absolute Gasteiger partial charge is 0.335 e. The zero-order valence-corrected chi connectivity index (χ0v) is 18.4. The molecule has 1 fully saturated rings. The SMILES string of the molecule is CC[C@H](C)Oc1ccc(/C=C2\C(=O)NC(=O)N(c3cccc(Cl)c3C)C2=O)cc1OC. The minimum Gasteiger partial charge on any atom is -0.493 e. The van der Waals surface area contributed by atoms with Crippen molar-refractivity contribution in [1.29, 1.82) is 0 Å². The van der Waals surface area contributed by atoms with E-state index in [2.05, 4.69) is 5.32 Å². The van der Waals surface area contributed by atoms with Crippen LogP contribution in [-0.4, -0.2) is 31.1 Å². The number of methoxy groups -OCH3 is 1. The lowest BCUT2D eigenvalue weighted by Crippen LogP contribution is -2.54. The Morgan fingerprint density at radius 1 is 1.16 bits per heavy atom. The van der Waals surface area contributed by atoms with Crippen LogP contribution in [0, 0.1) is 6.92 Å². The van der Waals surface area contributed by atoms with Crippen molar-refractivity contribution in [3.05, 3.63) is 58.1 Å². The molecule has 31 heavy (non-hydrogen) atoms. The first-order valence-electron chi connectivity index (χ1n) is 9.78. The number of imide groups is 2. The van der Waals surface area contributed by atoms with E-state index in [-0.39, 0.29) is 11.7 Å². The largest absolute Gasteiger partial charge is 0.493 e. The molecule has 0 spiro atoms. The van der Waals surface area contributed by atoms with Gasteiger partial charge in [-0.1, -0.05) is 30.7 Å². The van der Waals surface area contributed by atoms with E-state index in [1.807, 2.05) is 13.8 Å². The summed E-state index contributed by atoms with van der Waals surface area (Å²) in [5, 5.41) is 2.61. The van der Waals surface area contributed by atoms with Crippen LogP contribution >= 0.6 is 11.6 Å². The van der Waals surface area contributed by atoms with E-state index in [0.29, 0.717) is 33.3 Å². The second-order valence-corrected chi connectivity index (χ2v) is 7.50. The number of hydrogen-bond donors (Lipinski definition) is 1. The van der Waals surface area contributed by atoms with E-state index < -0.39 is 17.8 Å². The second kappa shape index (κ2) is 9.22. The van der Waals surface area contributed by atoms with Crippen molar-refractivity contribution in [2.45, 2.75) is 33.3 Å². The molecular formula is C23H23ClN2O5. The Kier molecular flexibility index (Phi) is 6.65. The lowest BCUT2D eigenvalue weighted by molar-refractivity contribution is -0.122. The van der Waals surface area contributed by atoms with Crippen molar-refractivity contribution in [2.24, 2.45) is 0 Å². The summed E-state index contributed by atoms with van der Waals surface area (Å²) in [6.45, 7) is 5.65. The molecule has 1 N–H and O–H groups in total. The van der Waals surface area contributed by atoms with E-state index in [1.165, 1.54) is 13.2 Å². The fourth-order valence-electron chi connectivity index (χ4n) is 3.05. The van der Waals surface area contributed by atoms with Gasteiger partial charge in [0, 0.05) is 5.02 Å². The third-order valence-electron chi connectivity index (χ3n) is 4.98. The van der Waals surface area contributed by atoms with Crippen molar-refractivity contribution in [1.82, 2.24) is 5.32 Å². The molecule has 0 saturated carbocycles. The average Bonchev–Trinajstić information content (AvgIpc) is 2.74. The molecule has 1 aliphatic heterocycles. The lowest BCUT2D eigenvalue weighted by Gasteiger charge is -2.27. The first-order chi connectivity index (χ1) is 14.8. The highest BCUT2D eigenvalue weighted by Gasteiger charge is 2.37. The van der Waals surface area contributed by atoms with Crippen LogP contribution < -0.4 is 19.7 Å². The Balaban J connectivity index is 1.99. The fraction of sp³-hybridized carbons (Fsp3) is 0.261. The van der Waals surface area contributed by atoms with Crippen LogP contribution in [0.15, 0.2) is 42.0 Å². The number of carbonyl (C=O) groups is 3. The Morgan fingerprint density at radius 2 is 1.90 bits per heavy atom.